The summed E-state index contributed by atoms with van der Waals surface area (Å²) in [4.78, 5) is 13.0. The smallest absolute Gasteiger partial charge is 0.251 e. The third-order valence-electron chi connectivity index (χ3n) is 2.41. The number of carbonyl (C=O) groups excluding carboxylic acids is 1. The van der Waals surface area contributed by atoms with E-state index in [-0.39, 0.29) is 5.91 Å². The van der Waals surface area contributed by atoms with Gasteiger partial charge in [0.05, 0.1) is 6.54 Å². The molecule has 82 valence electrons. The molecule has 0 aliphatic heterocycles. The Morgan fingerprint density at radius 2 is 2.00 bits per heavy atom. The topological polar surface area (TPSA) is 29.1 Å². The van der Waals surface area contributed by atoms with Gasteiger partial charge in [-0.05, 0) is 36.1 Å². The Morgan fingerprint density at radius 1 is 1.25 bits per heavy atom. The molecule has 0 atom stereocenters. The molecule has 0 saturated carbocycles. The maximum Gasteiger partial charge on any atom is 0.251 e. The first-order valence-corrected chi connectivity index (χ1v) is 6.01. The lowest BCUT2D eigenvalue weighted by Crippen LogP contribution is -2.22. The molecule has 2 rings (SSSR count). The van der Waals surface area contributed by atoms with Crippen molar-refractivity contribution >= 4 is 17.2 Å². The minimum Gasteiger partial charge on any atom is -0.347 e. The van der Waals surface area contributed by atoms with Crippen molar-refractivity contribution in [3.63, 3.8) is 0 Å². The monoisotopic (exact) mass is 231 g/mol. The Morgan fingerprint density at radius 3 is 2.62 bits per heavy atom. The zero-order chi connectivity index (χ0) is 11.4. The summed E-state index contributed by atoms with van der Waals surface area (Å²) in [5, 5.41) is 4.95. The van der Waals surface area contributed by atoms with Crippen LogP contribution in [0.2, 0.25) is 0 Å². The highest BCUT2D eigenvalue weighted by molar-refractivity contribution is 7.10. The van der Waals surface area contributed by atoms with Crippen LogP contribution in [0.4, 0.5) is 0 Å². The molecule has 2 aromatic rings. The molecule has 0 unspecified atom stereocenters. The number of aryl methyl sites for hydroxylation is 1. The van der Waals surface area contributed by atoms with E-state index in [0.29, 0.717) is 12.1 Å². The van der Waals surface area contributed by atoms with Crippen molar-refractivity contribution in [1.82, 2.24) is 5.32 Å². The molecule has 0 bridgehead atoms. The second kappa shape index (κ2) is 4.94. The molecule has 1 amide bonds. The summed E-state index contributed by atoms with van der Waals surface area (Å²) >= 11 is 1.67. The van der Waals surface area contributed by atoms with Crippen molar-refractivity contribution in [2.45, 2.75) is 13.5 Å². The fourth-order valence-electron chi connectivity index (χ4n) is 1.44. The lowest BCUT2D eigenvalue weighted by atomic mass is 10.2. The Labute approximate surface area is 98.9 Å². The van der Waals surface area contributed by atoms with Gasteiger partial charge >= 0.3 is 0 Å². The number of hydrogen-bond acceptors (Lipinski definition) is 2. The van der Waals surface area contributed by atoms with Gasteiger partial charge in [-0.15, -0.1) is 11.3 Å². The molecule has 0 spiro atoms. The van der Waals surface area contributed by atoms with Crippen LogP contribution in [0.15, 0.2) is 41.8 Å². The van der Waals surface area contributed by atoms with Gasteiger partial charge in [0, 0.05) is 10.4 Å². The fourth-order valence-corrected chi connectivity index (χ4v) is 2.28. The Kier molecular flexibility index (Phi) is 3.37. The van der Waals surface area contributed by atoms with E-state index in [9.17, 15) is 4.79 Å². The molecule has 1 aromatic heterocycles. The average Bonchev–Trinajstić information content (AvgIpc) is 2.73. The highest BCUT2D eigenvalue weighted by Gasteiger charge is 2.05. The minimum atomic E-state index is -0.0200. The van der Waals surface area contributed by atoms with Crippen LogP contribution in [0, 0.1) is 6.92 Å². The summed E-state index contributed by atoms with van der Waals surface area (Å²) in [6.45, 7) is 2.66. The van der Waals surface area contributed by atoms with Gasteiger partial charge in [-0.2, -0.15) is 0 Å². The Balaban J connectivity index is 1.97. The van der Waals surface area contributed by atoms with E-state index in [1.165, 1.54) is 10.4 Å². The SMILES string of the molecule is Cc1ccsc1CNC(=O)c1ccccc1. The molecule has 0 saturated heterocycles. The number of carbonyl (C=O) groups is 1. The molecule has 1 heterocycles. The van der Waals surface area contributed by atoms with Gasteiger partial charge in [0.2, 0.25) is 0 Å². The molecule has 16 heavy (non-hydrogen) atoms. The fraction of sp³-hybridized carbons (Fsp3) is 0.154. The van der Waals surface area contributed by atoms with Gasteiger partial charge in [0.1, 0.15) is 0 Å². The van der Waals surface area contributed by atoms with Crippen molar-refractivity contribution in [1.29, 1.82) is 0 Å². The van der Waals surface area contributed by atoms with Crippen LogP contribution in [0.5, 0.6) is 0 Å². The number of nitrogens with one attached hydrogen (secondary N) is 1. The van der Waals surface area contributed by atoms with E-state index in [1.807, 2.05) is 35.7 Å². The van der Waals surface area contributed by atoms with Crippen LogP contribution in [-0.4, -0.2) is 5.91 Å². The Bertz CT molecular complexity index is 476. The van der Waals surface area contributed by atoms with E-state index in [2.05, 4.69) is 18.3 Å². The van der Waals surface area contributed by atoms with E-state index < -0.39 is 0 Å². The summed E-state index contributed by atoms with van der Waals surface area (Å²) in [7, 11) is 0. The highest BCUT2D eigenvalue weighted by Crippen LogP contribution is 2.14. The molecular formula is C13H13NOS. The first-order chi connectivity index (χ1) is 7.77. The molecular weight excluding hydrogens is 218 g/mol. The molecule has 0 fully saturated rings. The maximum absolute atomic E-state index is 11.7. The molecule has 3 heteroatoms. The predicted octanol–water partition coefficient (Wildman–Crippen LogP) is 2.99. The summed E-state index contributed by atoms with van der Waals surface area (Å²) in [5.41, 5.74) is 1.94. The zero-order valence-corrected chi connectivity index (χ0v) is 9.88. The van der Waals surface area contributed by atoms with Crippen LogP contribution >= 0.6 is 11.3 Å². The standard InChI is InChI=1S/C13H13NOS/c1-10-7-8-16-12(10)9-14-13(15)11-5-3-2-4-6-11/h2-8H,9H2,1H3,(H,14,15). The van der Waals surface area contributed by atoms with E-state index >= 15 is 0 Å². The first kappa shape index (κ1) is 10.9. The molecule has 2 nitrogen and oxygen atoms in total. The molecule has 0 aliphatic carbocycles. The van der Waals surface area contributed by atoms with Crippen molar-refractivity contribution in [3.05, 3.63) is 57.8 Å². The summed E-state index contributed by atoms with van der Waals surface area (Å²) < 4.78 is 0. The Hall–Kier alpha value is -1.61. The van der Waals surface area contributed by atoms with Crippen molar-refractivity contribution in [3.8, 4) is 0 Å². The summed E-state index contributed by atoms with van der Waals surface area (Å²) in [6.07, 6.45) is 0. The van der Waals surface area contributed by atoms with Crippen molar-refractivity contribution in [2.24, 2.45) is 0 Å². The number of amides is 1. The second-order valence-corrected chi connectivity index (χ2v) is 4.58. The maximum atomic E-state index is 11.7. The summed E-state index contributed by atoms with van der Waals surface area (Å²) in [5.74, 6) is -0.0200. The van der Waals surface area contributed by atoms with Crippen LogP contribution < -0.4 is 5.32 Å². The van der Waals surface area contributed by atoms with E-state index in [0.717, 1.165) is 0 Å². The van der Waals surface area contributed by atoms with Gasteiger partial charge in [0.25, 0.3) is 5.91 Å². The number of hydrogen-bond donors (Lipinski definition) is 1. The highest BCUT2D eigenvalue weighted by atomic mass is 32.1. The average molecular weight is 231 g/mol. The number of thiophene rings is 1. The first-order valence-electron chi connectivity index (χ1n) is 5.13. The van der Waals surface area contributed by atoms with Crippen LogP contribution in [0.3, 0.4) is 0 Å². The normalized spacial score (nSPS) is 10.1. The van der Waals surface area contributed by atoms with Crippen LogP contribution in [-0.2, 0) is 6.54 Å². The van der Waals surface area contributed by atoms with Gasteiger partial charge in [-0.25, -0.2) is 0 Å². The molecule has 0 aliphatic rings. The third-order valence-corrected chi connectivity index (χ3v) is 3.44. The van der Waals surface area contributed by atoms with Gasteiger partial charge in [0.15, 0.2) is 0 Å². The van der Waals surface area contributed by atoms with Crippen molar-refractivity contribution < 1.29 is 4.79 Å². The van der Waals surface area contributed by atoms with Gasteiger partial charge in [-0.1, -0.05) is 18.2 Å². The zero-order valence-electron chi connectivity index (χ0n) is 9.07. The van der Waals surface area contributed by atoms with Crippen molar-refractivity contribution in [2.75, 3.05) is 0 Å². The molecule has 1 N–H and O–H groups in total. The molecule has 1 aromatic carbocycles. The quantitative estimate of drug-likeness (QED) is 0.864. The van der Waals surface area contributed by atoms with Gasteiger partial charge < -0.3 is 5.32 Å². The number of benzene rings is 1. The van der Waals surface area contributed by atoms with Gasteiger partial charge in [-0.3, -0.25) is 4.79 Å². The largest absolute Gasteiger partial charge is 0.347 e. The summed E-state index contributed by atoms with van der Waals surface area (Å²) in [6, 6.07) is 11.3. The lowest BCUT2D eigenvalue weighted by molar-refractivity contribution is 0.0951. The minimum absolute atomic E-state index is 0.0200. The van der Waals surface area contributed by atoms with Crippen LogP contribution in [0.25, 0.3) is 0 Å². The van der Waals surface area contributed by atoms with E-state index in [4.69, 9.17) is 0 Å². The second-order valence-electron chi connectivity index (χ2n) is 3.58. The lowest BCUT2D eigenvalue weighted by Gasteiger charge is -2.04. The third kappa shape index (κ3) is 2.49. The number of rotatable bonds is 3. The molecule has 0 radical (unpaired) electrons. The van der Waals surface area contributed by atoms with E-state index in [1.54, 1.807) is 11.3 Å². The predicted molar refractivity (Wildman–Crippen MR) is 66.7 cm³/mol. The van der Waals surface area contributed by atoms with Crippen LogP contribution in [0.1, 0.15) is 20.8 Å².